The number of nitrogens with zero attached hydrogens (tertiary/aromatic N) is 3. The van der Waals surface area contributed by atoms with Gasteiger partial charge in [0.15, 0.2) is 5.82 Å². The highest BCUT2D eigenvalue weighted by molar-refractivity contribution is 5.98. The van der Waals surface area contributed by atoms with Gasteiger partial charge in [-0.25, -0.2) is 4.98 Å². The second kappa shape index (κ2) is 10.9. The summed E-state index contributed by atoms with van der Waals surface area (Å²) in [6.45, 7) is 8.61. The molecule has 1 atom stereocenters. The highest BCUT2D eigenvalue weighted by atomic mass is 16.3. The highest BCUT2D eigenvalue weighted by Crippen LogP contribution is 2.25. The van der Waals surface area contributed by atoms with E-state index in [1.807, 2.05) is 24.0 Å². The van der Waals surface area contributed by atoms with Crippen molar-refractivity contribution in [3.8, 4) is 0 Å². The quantitative estimate of drug-likeness (QED) is 0.584. The van der Waals surface area contributed by atoms with Crippen LogP contribution in [0.5, 0.6) is 0 Å². The van der Waals surface area contributed by atoms with Crippen molar-refractivity contribution in [1.29, 1.82) is 0 Å². The number of piperazine rings is 1. The number of hydrogen-bond donors (Lipinski definition) is 3. The summed E-state index contributed by atoms with van der Waals surface area (Å²) in [7, 11) is 0. The average Bonchev–Trinajstić information content (AvgIpc) is 2.82. The van der Waals surface area contributed by atoms with E-state index in [1.165, 1.54) is 0 Å². The van der Waals surface area contributed by atoms with E-state index in [0.717, 1.165) is 11.5 Å². The smallest absolute Gasteiger partial charge is 0.253 e. The summed E-state index contributed by atoms with van der Waals surface area (Å²) < 4.78 is 0. The molecule has 172 valence electrons. The van der Waals surface area contributed by atoms with E-state index < -0.39 is 0 Å². The molecule has 8 nitrogen and oxygen atoms in total. The third kappa shape index (κ3) is 5.76. The molecule has 3 rings (SSSR count). The van der Waals surface area contributed by atoms with Gasteiger partial charge in [-0.3, -0.25) is 9.59 Å². The molecule has 0 aliphatic carbocycles. The zero-order valence-electron chi connectivity index (χ0n) is 19.0. The Bertz CT molecular complexity index is 904. The molecule has 8 heteroatoms. The Kier molecular flexibility index (Phi) is 8.05. The molecule has 32 heavy (non-hydrogen) atoms. The topological polar surface area (TPSA) is 97.8 Å². The van der Waals surface area contributed by atoms with E-state index in [2.05, 4.69) is 34.4 Å². The van der Waals surface area contributed by atoms with Gasteiger partial charge >= 0.3 is 0 Å². The molecule has 1 aromatic heterocycles. The lowest BCUT2D eigenvalue weighted by Crippen LogP contribution is -2.49. The van der Waals surface area contributed by atoms with Gasteiger partial charge in [0.2, 0.25) is 0 Å². The fraction of sp³-hybridized carbons (Fsp3) is 0.458. The molecule has 0 radical (unpaired) electrons. The summed E-state index contributed by atoms with van der Waals surface area (Å²) in [6.07, 6.45) is 2.44. The molecule has 1 saturated heterocycles. The predicted molar refractivity (Wildman–Crippen MR) is 126 cm³/mol. The van der Waals surface area contributed by atoms with E-state index in [4.69, 9.17) is 0 Å². The van der Waals surface area contributed by atoms with Crippen LogP contribution in [0.3, 0.4) is 0 Å². The van der Waals surface area contributed by atoms with Crippen LogP contribution in [0, 0.1) is 0 Å². The van der Waals surface area contributed by atoms with Gasteiger partial charge in [-0.1, -0.05) is 6.92 Å². The van der Waals surface area contributed by atoms with E-state index in [9.17, 15) is 14.7 Å². The number of carbonyl (C=O) groups excluding carboxylic acids is 2. The Morgan fingerprint density at radius 1 is 1.06 bits per heavy atom. The fourth-order valence-electron chi connectivity index (χ4n) is 3.69. The summed E-state index contributed by atoms with van der Waals surface area (Å²) in [4.78, 5) is 33.8. The number of carbonyl (C=O) groups is 2. The van der Waals surface area contributed by atoms with Gasteiger partial charge in [-0.2, -0.15) is 0 Å². The van der Waals surface area contributed by atoms with Gasteiger partial charge in [0.1, 0.15) is 0 Å². The van der Waals surface area contributed by atoms with Crippen molar-refractivity contribution in [1.82, 2.24) is 15.2 Å². The van der Waals surface area contributed by atoms with Gasteiger partial charge in [0.25, 0.3) is 11.8 Å². The van der Waals surface area contributed by atoms with Crippen LogP contribution in [-0.2, 0) is 0 Å². The number of pyridine rings is 1. The predicted octanol–water partition coefficient (Wildman–Crippen LogP) is 2.37. The van der Waals surface area contributed by atoms with E-state index in [-0.39, 0.29) is 24.5 Å². The number of aromatic nitrogens is 1. The minimum atomic E-state index is -0.268. The van der Waals surface area contributed by atoms with Crippen LogP contribution in [0.2, 0.25) is 0 Å². The lowest BCUT2D eigenvalue weighted by Gasteiger charge is -2.36. The standard InChI is InChI=1S/C24H33N5O3/c1-4-20(16-30)27-23(31)18-7-9-19(10-8-18)24(32)29-14-12-28(13-15-29)22-21(26-17(2)3)6-5-11-25-22/h5-11,17,20,26,30H,4,12-16H2,1-3H3,(H,27,31)/t20-/m1/s1. The maximum Gasteiger partial charge on any atom is 0.253 e. The highest BCUT2D eigenvalue weighted by Gasteiger charge is 2.24. The van der Waals surface area contributed by atoms with Gasteiger partial charge in [-0.05, 0) is 56.7 Å². The zero-order valence-corrected chi connectivity index (χ0v) is 19.0. The number of benzene rings is 1. The fourth-order valence-corrected chi connectivity index (χ4v) is 3.69. The van der Waals surface area contributed by atoms with Gasteiger partial charge in [0.05, 0.1) is 18.3 Å². The largest absolute Gasteiger partial charge is 0.394 e. The molecular weight excluding hydrogens is 406 g/mol. The molecule has 1 aliphatic rings. The number of aliphatic hydroxyl groups is 1. The SMILES string of the molecule is CC[C@H](CO)NC(=O)c1ccc(C(=O)N2CCN(c3ncccc3NC(C)C)CC2)cc1. The summed E-state index contributed by atoms with van der Waals surface area (Å²) in [5, 5.41) is 15.5. The van der Waals surface area contributed by atoms with Gasteiger partial charge in [0, 0.05) is 49.5 Å². The van der Waals surface area contributed by atoms with Crippen LogP contribution >= 0.6 is 0 Å². The van der Waals surface area contributed by atoms with Crippen LogP contribution < -0.4 is 15.5 Å². The second-order valence-corrected chi connectivity index (χ2v) is 8.29. The first-order valence-electron chi connectivity index (χ1n) is 11.2. The monoisotopic (exact) mass is 439 g/mol. The Balaban J connectivity index is 1.59. The normalized spacial score (nSPS) is 14.9. The summed E-state index contributed by atoms with van der Waals surface area (Å²) in [5.74, 6) is 0.622. The molecule has 2 aromatic rings. The van der Waals surface area contributed by atoms with Crippen molar-refractivity contribution in [2.75, 3.05) is 43.0 Å². The van der Waals surface area contributed by atoms with E-state index in [0.29, 0.717) is 49.8 Å². The molecule has 3 N–H and O–H groups in total. The molecule has 1 fully saturated rings. The Labute approximate surface area is 189 Å². The van der Waals surface area contributed by atoms with Crippen molar-refractivity contribution in [2.24, 2.45) is 0 Å². The first-order chi connectivity index (χ1) is 15.4. The number of amides is 2. The zero-order chi connectivity index (χ0) is 23.1. The lowest BCUT2D eigenvalue weighted by atomic mass is 10.1. The number of anilines is 2. The van der Waals surface area contributed by atoms with Crippen molar-refractivity contribution in [3.05, 3.63) is 53.7 Å². The Hall–Kier alpha value is -3.13. The van der Waals surface area contributed by atoms with Crippen LogP contribution in [0.1, 0.15) is 47.9 Å². The molecule has 0 saturated carbocycles. The second-order valence-electron chi connectivity index (χ2n) is 8.29. The molecule has 0 unspecified atom stereocenters. The number of rotatable bonds is 8. The minimum Gasteiger partial charge on any atom is -0.394 e. The van der Waals surface area contributed by atoms with Crippen LogP contribution in [-0.4, -0.2) is 71.7 Å². The molecule has 2 amide bonds. The molecular formula is C24H33N5O3. The van der Waals surface area contributed by atoms with Gasteiger partial charge in [-0.15, -0.1) is 0 Å². The maximum atomic E-state index is 13.0. The first-order valence-corrected chi connectivity index (χ1v) is 11.2. The third-order valence-corrected chi connectivity index (χ3v) is 5.54. The van der Waals surface area contributed by atoms with E-state index >= 15 is 0 Å². The van der Waals surface area contributed by atoms with Crippen LogP contribution in [0.15, 0.2) is 42.6 Å². The average molecular weight is 440 g/mol. The molecule has 0 spiro atoms. The molecule has 0 bridgehead atoms. The molecule has 2 heterocycles. The number of hydrogen-bond acceptors (Lipinski definition) is 6. The Morgan fingerprint density at radius 3 is 2.31 bits per heavy atom. The molecule has 1 aliphatic heterocycles. The molecule has 1 aromatic carbocycles. The van der Waals surface area contributed by atoms with Crippen LogP contribution in [0.25, 0.3) is 0 Å². The maximum absolute atomic E-state index is 13.0. The third-order valence-electron chi connectivity index (χ3n) is 5.54. The lowest BCUT2D eigenvalue weighted by molar-refractivity contribution is 0.0746. The summed E-state index contributed by atoms with van der Waals surface area (Å²) in [6, 6.07) is 10.7. The van der Waals surface area contributed by atoms with E-state index in [1.54, 1.807) is 30.5 Å². The van der Waals surface area contributed by atoms with Crippen molar-refractivity contribution < 1.29 is 14.7 Å². The van der Waals surface area contributed by atoms with Crippen LogP contribution in [0.4, 0.5) is 11.5 Å². The number of aliphatic hydroxyl groups excluding tert-OH is 1. The number of nitrogens with one attached hydrogen (secondary N) is 2. The van der Waals surface area contributed by atoms with Crippen molar-refractivity contribution in [2.45, 2.75) is 39.3 Å². The van der Waals surface area contributed by atoms with Gasteiger partial charge < -0.3 is 25.5 Å². The first kappa shape index (κ1) is 23.5. The van der Waals surface area contributed by atoms with Crippen molar-refractivity contribution in [3.63, 3.8) is 0 Å². The minimum absolute atomic E-state index is 0.0417. The summed E-state index contributed by atoms with van der Waals surface area (Å²) in [5.41, 5.74) is 2.03. The van der Waals surface area contributed by atoms with Crippen molar-refractivity contribution >= 4 is 23.3 Å². The summed E-state index contributed by atoms with van der Waals surface area (Å²) >= 11 is 0. The Morgan fingerprint density at radius 2 is 1.72 bits per heavy atom.